The third-order valence-corrected chi connectivity index (χ3v) is 3.72. The molecule has 0 aliphatic heterocycles. The number of methoxy groups -OCH3 is 1. The maximum absolute atomic E-state index is 5.28. The zero-order valence-electron chi connectivity index (χ0n) is 13.3. The first-order valence-electron chi connectivity index (χ1n) is 7.29. The van der Waals surface area contributed by atoms with Gasteiger partial charge in [-0.1, -0.05) is 26.8 Å². The van der Waals surface area contributed by atoms with Crippen molar-refractivity contribution < 1.29 is 4.74 Å². The lowest BCUT2D eigenvalue weighted by Crippen LogP contribution is -2.34. The fourth-order valence-corrected chi connectivity index (χ4v) is 2.86. The van der Waals surface area contributed by atoms with Gasteiger partial charge in [0.05, 0.1) is 7.11 Å². The lowest BCUT2D eigenvalue weighted by atomic mass is 9.77. The smallest absolute Gasteiger partial charge is 0.119 e. The number of nitrogens with one attached hydrogen (secondary N) is 1. The first-order valence-corrected chi connectivity index (χ1v) is 7.29. The Morgan fingerprint density at radius 2 is 2.00 bits per heavy atom. The highest BCUT2D eigenvalue weighted by Gasteiger charge is 2.24. The van der Waals surface area contributed by atoms with Crippen molar-refractivity contribution in [2.75, 3.05) is 13.7 Å². The monoisotopic (exact) mass is 263 g/mol. The van der Waals surface area contributed by atoms with E-state index >= 15 is 0 Å². The van der Waals surface area contributed by atoms with E-state index in [0.29, 0.717) is 6.04 Å². The highest BCUT2D eigenvalue weighted by Crippen LogP contribution is 2.32. The summed E-state index contributed by atoms with van der Waals surface area (Å²) in [6, 6.07) is 6.94. The highest BCUT2D eigenvalue weighted by atomic mass is 16.5. The molecule has 0 amide bonds. The van der Waals surface area contributed by atoms with Crippen molar-refractivity contribution in [2.24, 2.45) is 0 Å². The van der Waals surface area contributed by atoms with E-state index in [2.05, 4.69) is 58.1 Å². The fourth-order valence-electron chi connectivity index (χ4n) is 2.86. The van der Waals surface area contributed by atoms with Crippen LogP contribution in [0.3, 0.4) is 0 Å². The molecule has 0 aliphatic carbocycles. The topological polar surface area (TPSA) is 21.3 Å². The molecule has 0 fully saturated rings. The lowest BCUT2D eigenvalue weighted by molar-refractivity contribution is 0.386. The van der Waals surface area contributed by atoms with Crippen LogP contribution in [0.4, 0.5) is 0 Å². The molecule has 108 valence electrons. The van der Waals surface area contributed by atoms with Gasteiger partial charge in [0, 0.05) is 6.04 Å². The van der Waals surface area contributed by atoms with Gasteiger partial charge in [-0.2, -0.15) is 0 Å². The van der Waals surface area contributed by atoms with Gasteiger partial charge >= 0.3 is 0 Å². The molecule has 1 aromatic carbocycles. The highest BCUT2D eigenvalue weighted by molar-refractivity contribution is 5.38. The Morgan fingerprint density at radius 3 is 2.53 bits per heavy atom. The fraction of sp³-hybridized carbons (Fsp3) is 0.647. The summed E-state index contributed by atoms with van der Waals surface area (Å²) in [6.45, 7) is 12.4. The number of rotatable bonds is 7. The summed E-state index contributed by atoms with van der Waals surface area (Å²) < 4.78 is 5.28. The minimum Gasteiger partial charge on any atom is -0.497 e. The predicted octanol–water partition coefficient (Wildman–Crippen LogP) is 4.06. The molecule has 19 heavy (non-hydrogen) atoms. The largest absolute Gasteiger partial charge is 0.497 e. The number of hydrogen-bond donors (Lipinski definition) is 1. The van der Waals surface area contributed by atoms with Gasteiger partial charge in [0.1, 0.15) is 5.75 Å². The molecule has 0 radical (unpaired) electrons. The van der Waals surface area contributed by atoms with Crippen LogP contribution in [0.25, 0.3) is 0 Å². The molecule has 0 saturated heterocycles. The minimum atomic E-state index is 0.177. The molecule has 0 aliphatic rings. The first-order chi connectivity index (χ1) is 8.90. The minimum absolute atomic E-state index is 0.177. The van der Waals surface area contributed by atoms with Crippen molar-refractivity contribution in [1.82, 2.24) is 5.32 Å². The van der Waals surface area contributed by atoms with Crippen molar-refractivity contribution in [2.45, 2.75) is 58.9 Å². The van der Waals surface area contributed by atoms with E-state index in [1.807, 2.05) is 0 Å². The number of ether oxygens (including phenoxy) is 1. The second kappa shape index (κ2) is 6.95. The van der Waals surface area contributed by atoms with E-state index in [0.717, 1.165) is 18.7 Å². The van der Waals surface area contributed by atoms with Crippen LogP contribution in [0.2, 0.25) is 0 Å². The molecule has 0 spiro atoms. The molecule has 0 aromatic heterocycles. The molecular formula is C17H29NO. The summed E-state index contributed by atoms with van der Waals surface area (Å²) in [7, 11) is 1.72. The van der Waals surface area contributed by atoms with Gasteiger partial charge in [0.2, 0.25) is 0 Å². The standard InChI is InChI=1S/C17H29NO/c1-7-10-18-14(3)12-17(4,5)16-9-8-15(19-6)11-13(16)2/h8-9,11,14,18H,7,10,12H2,1-6H3. The molecule has 1 N–H and O–H groups in total. The third-order valence-electron chi connectivity index (χ3n) is 3.72. The van der Waals surface area contributed by atoms with Crippen molar-refractivity contribution >= 4 is 0 Å². The van der Waals surface area contributed by atoms with Gasteiger partial charge in [0.15, 0.2) is 0 Å². The normalized spacial score (nSPS) is 13.4. The van der Waals surface area contributed by atoms with E-state index in [9.17, 15) is 0 Å². The van der Waals surface area contributed by atoms with Crippen molar-refractivity contribution in [1.29, 1.82) is 0 Å². The maximum Gasteiger partial charge on any atom is 0.119 e. The molecule has 1 atom stereocenters. The van der Waals surface area contributed by atoms with Crippen LogP contribution in [-0.2, 0) is 5.41 Å². The zero-order valence-corrected chi connectivity index (χ0v) is 13.3. The number of aryl methyl sites for hydroxylation is 1. The Labute approximate surface area is 118 Å². The molecule has 1 rings (SSSR count). The summed E-state index contributed by atoms with van der Waals surface area (Å²) in [6.07, 6.45) is 2.33. The Balaban J connectivity index is 2.81. The van der Waals surface area contributed by atoms with E-state index in [4.69, 9.17) is 4.74 Å². The van der Waals surface area contributed by atoms with Gasteiger partial charge in [0.25, 0.3) is 0 Å². The quantitative estimate of drug-likeness (QED) is 0.801. The second-order valence-electron chi connectivity index (χ2n) is 6.12. The summed E-state index contributed by atoms with van der Waals surface area (Å²) in [4.78, 5) is 0. The molecule has 0 heterocycles. The predicted molar refractivity (Wildman–Crippen MR) is 83.1 cm³/mol. The van der Waals surface area contributed by atoms with Gasteiger partial charge in [-0.3, -0.25) is 0 Å². The maximum atomic E-state index is 5.28. The Morgan fingerprint density at radius 1 is 1.32 bits per heavy atom. The molecule has 1 aromatic rings. The van der Waals surface area contributed by atoms with Crippen LogP contribution in [0, 0.1) is 6.92 Å². The Kier molecular flexibility index (Phi) is 5.86. The molecule has 1 unspecified atom stereocenters. The summed E-state index contributed by atoms with van der Waals surface area (Å²) in [5.41, 5.74) is 2.90. The summed E-state index contributed by atoms with van der Waals surface area (Å²) >= 11 is 0. The van der Waals surface area contributed by atoms with Gasteiger partial charge < -0.3 is 10.1 Å². The van der Waals surface area contributed by atoms with Crippen LogP contribution < -0.4 is 10.1 Å². The molecule has 2 nitrogen and oxygen atoms in total. The van der Waals surface area contributed by atoms with E-state index < -0.39 is 0 Å². The number of hydrogen-bond acceptors (Lipinski definition) is 2. The molecular weight excluding hydrogens is 234 g/mol. The SMILES string of the molecule is CCCNC(C)CC(C)(C)c1ccc(OC)cc1C. The first kappa shape index (κ1) is 16.0. The van der Waals surface area contributed by atoms with Crippen LogP contribution in [0.1, 0.15) is 51.7 Å². The number of benzene rings is 1. The average molecular weight is 263 g/mol. The van der Waals surface area contributed by atoms with Gasteiger partial charge in [-0.15, -0.1) is 0 Å². The Bertz CT molecular complexity index is 398. The van der Waals surface area contributed by atoms with Crippen LogP contribution in [0.15, 0.2) is 18.2 Å². The summed E-state index contributed by atoms with van der Waals surface area (Å²) in [5.74, 6) is 0.939. The third kappa shape index (κ3) is 4.54. The van der Waals surface area contributed by atoms with E-state index in [1.54, 1.807) is 7.11 Å². The van der Waals surface area contributed by atoms with Crippen molar-refractivity contribution in [3.8, 4) is 5.75 Å². The average Bonchev–Trinajstić information content (AvgIpc) is 2.35. The summed E-state index contributed by atoms with van der Waals surface area (Å²) in [5, 5.41) is 3.58. The van der Waals surface area contributed by atoms with Gasteiger partial charge in [-0.05, 0) is 61.9 Å². The van der Waals surface area contributed by atoms with E-state index in [-0.39, 0.29) is 5.41 Å². The van der Waals surface area contributed by atoms with Crippen LogP contribution in [-0.4, -0.2) is 19.7 Å². The second-order valence-corrected chi connectivity index (χ2v) is 6.12. The van der Waals surface area contributed by atoms with Crippen LogP contribution in [0.5, 0.6) is 5.75 Å². The van der Waals surface area contributed by atoms with Gasteiger partial charge in [-0.25, -0.2) is 0 Å². The van der Waals surface area contributed by atoms with Crippen molar-refractivity contribution in [3.05, 3.63) is 29.3 Å². The Hall–Kier alpha value is -1.02. The molecule has 0 bridgehead atoms. The molecule has 0 saturated carbocycles. The lowest BCUT2D eigenvalue weighted by Gasteiger charge is -2.31. The molecule has 2 heteroatoms. The van der Waals surface area contributed by atoms with E-state index in [1.165, 1.54) is 17.5 Å². The van der Waals surface area contributed by atoms with Crippen LogP contribution >= 0.6 is 0 Å². The van der Waals surface area contributed by atoms with Crippen molar-refractivity contribution in [3.63, 3.8) is 0 Å². The zero-order chi connectivity index (χ0) is 14.5.